The molecule has 2 rings (SSSR count). The first kappa shape index (κ1) is 20.8. The lowest BCUT2D eigenvalue weighted by Crippen LogP contribution is -2.30. The third kappa shape index (κ3) is 7.30. The summed E-state index contributed by atoms with van der Waals surface area (Å²) in [5.74, 6) is 0.503. The molecule has 0 fully saturated rings. The molecule has 2 aromatic carbocycles. The van der Waals surface area contributed by atoms with E-state index < -0.39 is 0 Å². The standard InChI is InChI=1S/C20H24FN3O2S/c1-3-19(25)23-16-8-5-14(2)18(13-16)24-20(26)22-11-4-12-27-17-9-6-15(21)7-10-17/h5-10,13H,3-4,11-12H2,1-2H3,(H,23,25)(H2,22,24,26). The van der Waals surface area contributed by atoms with E-state index in [-0.39, 0.29) is 17.8 Å². The van der Waals surface area contributed by atoms with Crippen molar-refractivity contribution in [3.05, 3.63) is 53.8 Å². The lowest BCUT2D eigenvalue weighted by Gasteiger charge is -2.12. The van der Waals surface area contributed by atoms with Crippen LogP contribution in [0.2, 0.25) is 0 Å². The Morgan fingerprint density at radius 3 is 2.52 bits per heavy atom. The van der Waals surface area contributed by atoms with E-state index in [1.54, 1.807) is 43.0 Å². The molecule has 27 heavy (non-hydrogen) atoms. The highest BCUT2D eigenvalue weighted by Crippen LogP contribution is 2.21. The number of anilines is 2. The van der Waals surface area contributed by atoms with Crippen LogP contribution in [0, 0.1) is 12.7 Å². The molecule has 0 saturated carbocycles. The van der Waals surface area contributed by atoms with E-state index >= 15 is 0 Å². The Morgan fingerprint density at radius 2 is 1.81 bits per heavy atom. The number of aryl methyl sites for hydroxylation is 1. The van der Waals surface area contributed by atoms with Crippen molar-refractivity contribution in [1.82, 2.24) is 5.32 Å². The lowest BCUT2D eigenvalue weighted by atomic mass is 10.2. The van der Waals surface area contributed by atoms with Crippen LogP contribution in [-0.2, 0) is 4.79 Å². The van der Waals surface area contributed by atoms with Gasteiger partial charge in [-0.1, -0.05) is 13.0 Å². The second kappa shape index (κ2) is 10.6. The number of benzene rings is 2. The van der Waals surface area contributed by atoms with Crippen molar-refractivity contribution in [2.75, 3.05) is 22.9 Å². The molecule has 0 heterocycles. The molecule has 3 N–H and O–H groups in total. The minimum atomic E-state index is -0.288. The molecule has 0 unspecified atom stereocenters. The molecule has 0 saturated heterocycles. The van der Waals surface area contributed by atoms with Gasteiger partial charge in [-0.25, -0.2) is 9.18 Å². The van der Waals surface area contributed by atoms with Crippen LogP contribution >= 0.6 is 11.8 Å². The van der Waals surface area contributed by atoms with Crippen molar-refractivity contribution in [3.8, 4) is 0 Å². The molecule has 7 heteroatoms. The first-order valence-corrected chi connectivity index (χ1v) is 9.80. The van der Waals surface area contributed by atoms with Crippen molar-refractivity contribution in [2.45, 2.75) is 31.6 Å². The van der Waals surface area contributed by atoms with Gasteiger partial charge < -0.3 is 16.0 Å². The topological polar surface area (TPSA) is 70.2 Å². The van der Waals surface area contributed by atoms with Gasteiger partial charge in [-0.3, -0.25) is 4.79 Å². The molecule has 0 bridgehead atoms. The fourth-order valence-electron chi connectivity index (χ4n) is 2.25. The van der Waals surface area contributed by atoms with E-state index in [1.807, 2.05) is 13.0 Å². The van der Waals surface area contributed by atoms with Crippen LogP contribution in [-0.4, -0.2) is 24.2 Å². The summed E-state index contributed by atoms with van der Waals surface area (Å²) in [6.07, 6.45) is 1.19. The minimum absolute atomic E-state index is 0.0760. The van der Waals surface area contributed by atoms with Crippen molar-refractivity contribution >= 4 is 35.1 Å². The highest BCUT2D eigenvalue weighted by atomic mass is 32.2. The van der Waals surface area contributed by atoms with Crippen LogP contribution in [0.1, 0.15) is 25.3 Å². The van der Waals surface area contributed by atoms with Crippen molar-refractivity contribution in [2.24, 2.45) is 0 Å². The van der Waals surface area contributed by atoms with Gasteiger partial charge in [0.1, 0.15) is 5.82 Å². The Kier molecular flexibility index (Phi) is 8.13. The van der Waals surface area contributed by atoms with Crippen LogP contribution in [0.25, 0.3) is 0 Å². The van der Waals surface area contributed by atoms with E-state index in [1.165, 1.54) is 12.1 Å². The number of carbonyl (C=O) groups excluding carboxylic acids is 2. The number of hydrogen-bond donors (Lipinski definition) is 3. The Hall–Kier alpha value is -2.54. The molecule has 0 aliphatic rings. The maximum absolute atomic E-state index is 12.8. The van der Waals surface area contributed by atoms with Crippen molar-refractivity contribution < 1.29 is 14.0 Å². The summed E-state index contributed by atoms with van der Waals surface area (Å²) in [5.41, 5.74) is 2.21. The van der Waals surface area contributed by atoms with E-state index in [0.717, 1.165) is 22.6 Å². The Morgan fingerprint density at radius 1 is 1.07 bits per heavy atom. The zero-order valence-corrected chi connectivity index (χ0v) is 16.3. The molecule has 0 aliphatic heterocycles. The second-order valence-corrected chi connectivity index (χ2v) is 7.14. The number of thioether (sulfide) groups is 1. The first-order chi connectivity index (χ1) is 13.0. The monoisotopic (exact) mass is 389 g/mol. The van der Waals surface area contributed by atoms with Crippen molar-refractivity contribution in [3.63, 3.8) is 0 Å². The van der Waals surface area contributed by atoms with Crippen molar-refractivity contribution in [1.29, 1.82) is 0 Å². The molecule has 0 aromatic heterocycles. The number of urea groups is 1. The largest absolute Gasteiger partial charge is 0.338 e. The molecule has 0 atom stereocenters. The summed E-state index contributed by atoms with van der Waals surface area (Å²) in [4.78, 5) is 24.6. The van der Waals surface area contributed by atoms with Crippen LogP contribution in [0.4, 0.5) is 20.6 Å². The number of nitrogens with one attached hydrogen (secondary N) is 3. The molecular formula is C20H24FN3O2S. The zero-order valence-electron chi connectivity index (χ0n) is 15.5. The number of carbonyl (C=O) groups is 2. The predicted octanol–water partition coefficient (Wildman–Crippen LogP) is 4.79. The van der Waals surface area contributed by atoms with Crippen LogP contribution < -0.4 is 16.0 Å². The van der Waals surface area contributed by atoms with E-state index in [9.17, 15) is 14.0 Å². The summed E-state index contributed by atoms with van der Waals surface area (Å²) in [6.45, 7) is 4.20. The summed E-state index contributed by atoms with van der Waals surface area (Å²) in [7, 11) is 0. The van der Waals surface area contributed by atoms with Gasteiger partial charge in [0.15, 0.2) is 0 Å². The van der Waals surface area contributed by atoms with Gasteiger partial charge in [0, 0.05) is 29.2 Å². The number of rotatable bonds is 8. The average Bonchev–Trinajstić information content (AvgIpc) is 2.65. The summed E-state index contributed by atoms with van der Waals surface area (Å²) < 4.78 is 12.8. The summed E-state index contributed by atoms with van der Waals surface area (Å²) in [5, 5.41) is 8.40. The molecule has 144 valence electrons. The number of amides is 3. The Labute approximate surface area is 163 Å². The van der Waals surface area contributed by atoms with Crippen LogP contribution in [0.15, 0.2) is 47.4 Å². The Bertz CT molecular complexity index is 781. The number of halogens is 1. The summed E-state index contributed by atoms with van der Waals surface area (Å²) >= 11 is 1.62. The van der Waals surface area contributed by atoms with Gasteiger partial charge in [0.25, 0.3) is 0 Å². The molecule has 0 aliphatic carbocycles. The molecule has 0 radical (unpaired) electrons. The maximum Gasteiger partial charge on any atom is 0.319 e. The average molecular weight is 389 g/mol. The van der Waals surface area contributed by atoms with Gasteiger partial charge >= 0.3 is 6.03 Å². The quantitative estimate of drug-likeness (QED) is 0.449. The van der Waals surface area contributed by atoms with Gasteiger partial charge in [0.2, 0.25) is 5.91 Å². The van der Waals surface area contributed by atoms with Gasteiger partial charge in [-0.15, -0.1) is 11.8 Å². The third-order valence-electron chi connectivity index (χ3n) is 3.78. The van der Waals surface area contributed by atoms with E-state index in [0.29, 0.717) is 24.3 Å². The third-order valence-corrected chi connectivity index (χ3v) is 4.88. The molecule has 3 amide bonds. The fraction of sp³-hybridized carbons (Fsp3) is 0.300. The van der Waals surface area contributed by atoms with E-state index in [2.05, 4.69) is 16.0 Å². The van der Waals surface area contributed by atoms with Crippen LogP contribution in [0.5, 0.6) is 0 Å². The van der Waals surface area contributed by atoms with E-state index in [4.69, 9.17) is 0 Å². The SMILES string of the molecule is CCC(=O)Nc1ccc(C)c(NC(=O)NCCCSc2ccc(F)cc2)c1. The molecule has 0 spiro atoms. The highest BCUT2D eigenvalue weighted by Gasteiger charge is 2.07. The normalized spacial score (nSPS) is 10.3. The molecular weight excluding hydrogens is 365 g/mol. The minimum Gasteiger partial charge on any atom is -0.338 e. The molecule has 2 aromatic rings. The second-order valence-electron chi connectivity index (χ2n) is 5.97. The number of hydrogen-bond acceptors (Lipinski definition) is 3. The highest BCUT2D eigenvalue weighted by molar-refractivity contribution is 7.99. The lowest BCUT2D eigenvalue weighted by molar-refractivity contribution is -0.115. The first-order valence-electron chi connectivity index (χ1n) is 8.81. The fourth-order valence-corrected chi connectivity index (χ4v) is 3.10. The van der Waals surface area contributed by atoms with Gasteiger partial charge in [0.05, 0.1) is 0 Å². The van der Waals surface area contributed by atoms with Crippen LogP contribution in [0.3, 0.4) is 0 Å². The molecule has 5 nitrogen and oxygen atoms in total. The zero-order chi connectivity index (χ0) is 19.6. The maximum atomic E-state index is 12.8. The smallest absolute Gasteiger partial charge is 0.319 e. The van der Waals surface area contributed by atoms with Gasteiger partial charge in [-0.05, 0) is 61.1 Å². The summed E-state index contributed by atoms with van der Waals surface area (Å²) in [6, 6.07) is 11.5. The predicted molar refractivity (Wildman–Crippen MR) is 109 cm³/mol. The van der Waals surface area contributed by atoms with Gasteiger partial charge in [-0.2, -0.15) is 0 Å². The Balaban J connectivity index is 1.74.